The van der Waals surface area contributed by atoms with Crippen LogP contribution in [0.15, 0.2) is 23.0 Å². The number of hydrogen-bond donors (Lipinski definition) is 3. The van der Waals surface area contributed by atoms with Gasteiger partial charge in [-0.3, -0.25) is 14.6 Å². The first kappa shape index (κ1) is 22.9. The molecule has 0 radical (unpaired) electrons. The van der Waals surface area contributed by atoms with Crippen molar-refractivity contribution >= 4 is 41.3 Å². The third-order valence-corrected chi connectivity index (χ3v) is 5.28. The maximum Gasteiger partial charge on any atom is 0.308 e. The molecule has 0 fully saturated rings. The molecule has 0 bridgehead atoms. The first-order valence-electron chi connectivity index (χ1n) is 9.25. The summed E-state index contributed by atoms with van der Waals surface area (Å²) in [5.74, 6) is -0.128. The molecule has 0 saturated carbocycles. The van der Waals surface area contributed by atoms with Gasteiger partial charge in [0.1, 0.15) is 0 Å². The lowest BCUT2D eigenvalue weighted by atomic mass is 10.0. The van der Waals surface area contributed by atoms with Gasteiger partial charge in [-0.2, -0.15) is 0 Å². The summed E-state index contributed by atoms with van der Waals surface area (Å²) in [5, 5.41) is 11.5. The van der Waals surface area contributed by atoms with Crippen LogP contribution in [0.3, 0.4) is 0 Å². The lowest BCUT2D eigenvalue weighted by molar-refractivity contribution is -0.145. The van der Waals surface area contributed by atoms with Gasteiger partial charge in [0.15, 0.2) is 0 Å². The second kappa shape index (κ2) is 11.0. The smallest absolute Gasteiger partial charge is 0.308 e. The van der Waals surface area contributed by atoms with E-state index in [4.69, 9.17) is 33.3 Å². The Morgan fingerprint density at radius 2 is 2.10 bits per heavy atom. The quantitative estimate of drug-likeness (QED) is 0.292. The van der Waals surface area contributed by atoms with Crippen molar-refractivity contribution in [2.45, 2.75) is 39.2 Å². The number of methoxy groups -OCH3 is 1. The van der Waals surface area contributed by atoms with Gasteiger partial charge in [-0.05, 0) is 37.0 Å². The second-order valence-corrected chi connectivity index (χ2v) is 7.51. The van der Waals surface area contributed by atoms with Gasteiger partial charge in [-0.25, -0.2) is 4.98 Å². The van der Waals surface area contributed by atoms with Crippen LogP contribution in [0.2, 0.25) is 10.0 Å². The standard InChI is InChI=1S/C20H24Cl2N4O3/c1-12(19(28)29-2)5-3-4-6-14-17(10-23)25-20(26-18(14)27)24-11-13-7-8-15(21)16(22)9-13/h7-10,12,23H,3-6,11H2,1-2H3,(H2,24,25,26,27). The highest BCUT2D eigenvalue weighted by molar-refractivity contribution is 6.42. The van der Waals surface area contributed by atoms with Crippen molar-refractivity contribution in [3.05, 3.63) is 55.4 Å². The Hall–Kier alpha value is -2.38. The number of anilines is 1. The molecule has 2 aromatic rings. The van der Waals surface area contributed by atoms with Crippen molar-refractivity contribution in [1.82, 2.24) is 9.97 Å². The fourth-order valence-electron chi connectivity index (χ4n) is 2.87. The third-order valence-electron chi connectivity index (χ3n) is 4.55. The van der Waals surface area contributed by atoms with Crippen LogP contribution >= 0.6 is 23.2 Å². The molecule has 0 aliphatic rings. The maximum absolute atomic E-state index is 12.5. The van der Waals surface area contributed by atoms with Crippen LogP contribution in [0.4, 0.5) is 5.95 Å². The number of aromatic amines is 1. The van der Waals surface area contributed by atoms with Crippen LogP contribution in [0.5, 0.6) is 0 Å². The van der Waals surface area contributed by atoms with Gasteiger partial charge in [0.05, 0.1) is 28.8 Å². The van der Waals surface area contributed by atoms with Crippen LogP contribution in [-0.2, 0) is 22.5 Å². The number of hydrogen-bond acceptors (Lipinski definition) is 6. The molecule has 1 atom stereocenters. The Bertz CT molecular complexity index is 930. The summed E-state index contributed by atoms with van der Waals surface area (Å²) in [5.41, 5.74) is 1.38. The number of unbranched alkanes of at least 4 members (excludes halogenated alkanes) is 1. The zero-order chi connectivity index (χ0) is 21.4. The largest absolute Gasteiger partial charge is 0.469 e. The minimum absolute atomic E-state index is 0.174. The van der Waals surface area contributed by atoms with Gasteiger partial charge in [0.2, 0.25) is 5.95 Å². The molecule has 0 saturated heterocycles. The molecule has 156 valence electrons. The number of aromatic nitrogens is 2. The zero-order valence-corrected chi connectivity index (χ0v) is 17.9. The van der Waals surface area contributed by atoms with E-state index < -0.39 is 0 Å². The average Bonchev–Trinajstić information content (AvgIpc) is 2.71. The highest BCUT2D eigenvalue weighted by atomic mass is 35.5. The number of halogens is 2. The van der Waals surface area contributed by atoms with E-state index in [-0.39, 0.29) is 23.4 Å². The molecule has 9 heteroatoms. The predicted octanol–water partition coefficient (Wildman–Crippen LogP) is 4.21. The number of benzene rings is 1. The first-order valence-corrected chi connectivity index (χ1v) is 10.0. The van der Waals surface area contributed by atoms with Gasteiger partial charge in [0.25, 0.3) is 5.56 Å². The minimum Gasteiger partial charge on any atom is -0.469 e. The monoisotopic (exact) mass is 438 g/mol. The fraction of sp³-hybridized carbons (Fsp3) is 0.400. The van der Waals surface area contributed by atoms with Crippen LogP contribution in [-0.4, -0.2) is 29.3 Å². The Balaban J connectivity index is 1.99. The number of nitrogens with zero attached hydrogens (tertiary/aromatic N) is 1. The number of carbonyl (C=O) groups is 1. The molecule has 29 heavy (non-hydrogen) atoms. The lowest BCUT2D eigenvalue weighted by Crippen LogP contribution is -2.20. The molecule has 1 unspecified atom stereocenters. The summed E-state index contributed by atoms with van der Waals surface area (Å²) in [6.07, 6.45) is 3.72. The van der Waals surface area contributed by atoms with E-state index in [2.05, 4.69) is 15.3 Å². The fourth-order valence-corrected chi connectivity index (χ4v) is 3.19. The highest BCUT2D eigenvalue weighted by Gasteiger charge is 2.14. The predicted molar refractivity (Wildman–Crippen MR) is 115 cm³/mol. The molecule has 0 aliphatic heterocycles. The Kier molecular flexibility index (Phi) is 8.67. The lowest BCUT2D eigenvalue weighted by Gasteiger charge is -2.11. The van der Waals surface area contributed by atoms with Crippen molar-refractivity contribution < 1.29 is 9.53 Å². The van der Waals surface area contributed by atoms with Gasteiger partial charge in [0, 0.05) is 18.3 Å². The van der Waals surface area contributed by atoms with Gasteiger partial charge >= 0.3 is 5.97 Å². The SMILES string of the molecule is COC(=O)C(C)CCCCc1c(C=N)nc(NCc2ccc(Cl)c(Cl)c2)[nH]c1=O. The molecular weight excluding hydrogens is 415 g/mol. The molecule has 1 aromatic heterocycles. The van der Waals surface area contributed by atoms with Crippen LogP contribution in [0.1, 0.15) is 43.0 Å². The summed E-state index contributed by atoms with van der Waals surface area (Å²) in [7, 11) is 1.37. The molecule has 0 aliphatic carbocycles. The van der Waals surface area contributed by atoms with Crippen LogP contribution in [0, 0.1) is 11.3 Å². The zero-order valence-electron chi connectivity index (χ0n) is 16.4. The summed E-state index contributed by atoms with van der Waals surface area (Å²) in [6.45, 7) is 2.21. The minimum atomic E-state index is -0.281. The average molecular weight is 439 g/mol. The number of nitrogens with one attached hydrogen (secondary N) is 3. The van der Waals surface area contributed by atoms with Crippen LogP contribution < -0.4 is 10.9 Å². The van der Waals surface area contributed by atoms with Crippen molar-refractivity contribution in [3.63, 3.8) is 0 Å². The Morgan fingerprint density at radius 3 is 2.76 bits per heavy atom. The van der Waals surface area contributed by atoms with E-state index in [1.807, 2.05) is 13.0 Å². The Morgan fingerprint density at radius 1 is 1.34 bits per heavy atom. The third kappa shape index (κ3) is 6.58. The van der Waals surface area contributed by atoms with E-state index >= 15 is 0 Å². The van der Waals surface area contributed by atoms with E-state index in [1.165, 1.54) is 7.11 Å². The van der Waals surface area contributed by atoms with Crippen molar-refractivity contribution in [2.24, 2.45) is 5.92 Å². The van der Waals surface area contributed by atoms with E-state index in [1.54, 1.807) is 12.1 Å². The van der Waals surface area contributed by atoms with E-state index in [9.17, 15) is 9.59 Å². The number of ether oxygens (including phenoxy) is 1. The second-order valence-electron chi connectivity index (χ2n) is 6.69. The van der Waals surface area contributed by atoms with Gasteiger partial charge in [-0.1, -0.05) is 42.6 Å². The van der Waals surface area contributed by atoms with Gasteiger partial charge in [-0.15, -0.1) is 0 Å². The molecule has 2 rings (SSSR count). The number of H-pyrrole nitrogens is 1. The number of carbonyl (C=O) groups excluding carboxylic acids is 1. The maximum atomic E-state index is 12.5. The summed E-state index contributed by atoms with van der Waals surface area (Å²) in [4.78, 5) is 30.9. The van der Waals surface area contributed by atoms with Crippen molar-refractivity contribution in [2.75, 3.05) is 12.4 Å². The molecule has 3 N–H and O–H groups in total. The number of esters is 1. The normalized spacial score (nSPS) is 11.7. The molecule has 7 nitrogen and oxygen atoms in total. The highest BCUT2D eigenvalue weighted by Crippen LogP contribution is 2.22. The van der Waals surface area contributed by atoms with Crippen molar-refractivity contribution in [3.8, 4) is 0 Å². The van der Waals surface area contributed by atoms with Crippen LogP contribution in [0.25, 0.3) is 0 Å². The summed E-state index contributed by atoms with van der Waals surface area (Å²) >= 11 is 11.9. The number of rotatable bonds is 10. The van der Waals surface area contributed by atoms with E-state index in [0.717, 1.165) is 18.2 Å². The summed E-state index contributed by atoms with van der Waals surface area (Å²) < 4.78 is 4.71. The molecule has 0 spiro atoms. The molecule has 0 amide bonds. The Labute approximate surface area is 179 Å². The first-order chi connectivity index (χ1) is 13.8. The summed E-state index contributed by atoms with van der Waals surface area (Å²) in [6, 6.07) is 5.25. The van der Waals surface area contributed by atoms with Gasteiger partial charge < -0.3 is 15.5 Å². The molecular formula is C20H24Cl2N4O3. The van der Waals surface area contributed by atoms with E-state index in [0.29, 0.717) is 47.1 Å². The molecule has 1 heterocycles. The topological polar surface area (TPSA) is 108 Å². The molecule has 1 aromatic carbocycles. The van der Waals surface area contributed by atoms with Crippen molar-refractivity contribution in [1.29, 1.82) is 5.41 Å².